The van der Waals surface area contributed by atoms with Crippen LogP contribution in [0, 0.1) is 0 Å². The molecular formula is C16H22N2OS. The molecule has 2 rings (SSSR count). The summed E-state index contributed by atoms with van der Waals surface area (Å²) in [6, 6.07) is 10.4. The minimum absolute atomic E-state index is 0.349. The van der Waals surface area contributed by atoms with E-state index in [4.69, 9.17) is 9.72 Å². The molecule has 0 spiro atoms. The first-order valence-electron chi connectivity index (χ1n) is 6.90. The molecule has 1 aromatic heterocycles. The predicted octanol–water partition coefficient (Wildman–Crippen LogP) is 3.80. The van der Waals surface area contributed by atoms with E-state index in [1.165, 1.54) is 10.4 Å². The number of aromatic nitrogens is 1. The molecule has 1 aromatic carbocycles. The van der Waals surface area contributed by atoms with Gasteiger partial charge in [0.2, 0.25) is 0 Å². The van der Waals surface area contributed by atoms with Crippen molar-refractivity contribution in [3.63, 3.8) is 0 Å². The molecule has 0 aliphatic heterocycles. The van der Waals surface area contributed by atoms with Crippen LogP contribution < -0.4 is 5.32 Å². The largest absolute Gasteiger partial charge is 0.372 e. The Morgan fingerprint density at radius 3 is 2.55 bits per heavy atom. The zero-order chi connectivity index (χ0) is 14.6. The highest BCUT2D eigenvalue weighted by Gasteiger charge is 2.26. The maximum absolute atomic E-state index is 5.56. The summed E-state index contributed by atoms with van der Waals surface area (Å²) in [5.41, 5.74) is 1.97. The average molecular weight is 290 g/mol. The fourth-order valence-corrected chi connectivity index (χ4v) is 3.04. The summed E-state index contributed by atoms with van der Waals surface area (Å²) in [7, 11) is 1.73. The lowest BCUT2D eigenvalue weighted by molar-refractivity contribution is 0.0189. The lowest BCUT2D eigenvalue weighted by Gasteiger charge is -2.19. The van der Waals surface area contributed by atoms with Gasteiger partial charge in [-0.05, 0) is 26.0 Å². The number of nitrogens with one attached hydrogen (secondary N) is 1. The highest BCUT2D eigenvalue weighted by molar-refractivity contribution is 7.15. The second kappa shape index (κ2) is 6.48. The maximum Gasteiger partial charge on any atom is 0.125 e. The molecule has 0 amide bonds. The van der Waals surface area contributed by atoms with Gasteiger partial charge in [0.05, 0.1) is 10.6 Å². The van der Waals surface area contributed by atoms with Crippen molar-refractivity contribution in [3.8, 4) is 10.4 Å². The van der Waals surface area contributed by atoms with Gasteiger partial charge in [-0.2, -0.15) is 0 Å². The van der Waals surface area contributed by atoms with Crippen LogP contribution in [0.3, 0.4) is 0 Å². The van der Waals surface area contributed by atoms with Crippen molar-refractivity contribution in [3.05, 3.63) is 41.0 Å². The first kappa shape index (κ1) is 15.2. The zero-order valence-electron chi connectivity index (χ0n) is 12.6. The molecule has 1 heterocycles. The van der Waals surface area contributed by atoms with E-state index in [-0.39, 0.29) is 5.60 Å². The molecule has 0 unspecified atom stereocenters. The Balaban J connectivity index is 2.43. The van der Waals surface area contributed by atoms with Crippen LogP contribution in [0.5, 0.6) is 0 Å². The topological polar surface area (TPSA) is 34.2 Å². The van der Waals surface area contributed by atoms with E-state index < -0.39 is 0 Å². The molecule has 4 heteroatoms. The van der Waals surface area contributed by atoms with Gasteiger partial charge in [0.1, 0.15) is 10.6 Å². The monoisotopic (exact) mass is 290 g/mol. The number of hydrogen-bond donors (Lipinski definition) is 1. The van der Waals surface area contributed by atoms with Gasteiger partial charge in [0.15, 0.2) is 0 Å². The first-order chi connectivity index (χ1) is 9.58. The lowest BCUT2D eigenvalue weighted by Crippen LogP contribution is -2.19. The van der Waals surface area contributed by atoms with Crippen LogP contribution in [-0.2, 0) is 16.9 Å². The van der Waals surface area contributed by atoms with Crippen molar-refractivity contribution in [1.29, 1.82) is 0 Å². The third-order valence-electron chi connectivity index (χ3n) is 3.30. The molecule has 108 valence electrons. The highest BCUT2D eigenvalue weighted by Crippen LogP contribution is 2.36. The van der Waals surface area contributed by atoms with Gasteiger partial charge in [-0.3, -0.25) is 0 Å². The smallest absolute Gasteiger partial charge is 0.125 e. The number of methoxy groups -OCH3 is 1. The number of thiazole rings is 1. The van der Waals surface area contributed by atoms with E-state index in [0.29, 0.717) is 0 Å². The minimum atomic E-state index is -0.349. The summed E-state index contributed by atoms with van der Waals surface area (Å²) in [4.78, 5) is 6.03. The van der Waals surface area contributed by atoms with Gasteiger partial charge in [-0.15, -0.1) is 11.3 Å². The minimum Gasteiger partial charge on any atom is -0.372 e. The summed E-state index contributed by atoms with van der Waals surface area (Å²) >= 11 is 1.72. The molecule has 0 saturated carbocycles. The van der Waals surface area contributed by atoms with Crippen molar-refractivity contribution in [2.75, 3.05) is 13.7 Å². The number of rotatable bonds is 6. The van der Waals surface area contributed by atoms with Gasteiger partial charge >= 0.3 is 0 Å². The maximum atomic E-state index is 5.56. The van der Waals surface area contributed by atoms with Gasteiger partial charge in [-0.25, -0.2) is 4.98 Å². The molecule has 0 atom stereocenters. The summed E-state index contributed by atoms with van der Waals surface area (Å²) in [6.45, 7) is 7.94. The van der Waals surface area contributed by atoms with E-state index in [1.807, 2.05) is 6.07 Å². The molecule has 20 heavy (non-hydrogen) atoms. The van der Waals surface area contributed by atoms with Crippen LogP contribution in [-0.4, -0.2) is 18.6 Å². The van der Waals surface area contributed by atoms with Gasteiger partial charge in [-0.1, -0.05) is 37.3 Å². The van der Waals surface area contributed by atoms with Crippen LogP contribution in [0.4, 0.5) is 0 Å². The number of hydrogen-bond acceptors (Lipinski definition) is 4. The predicted molar refractivity (Wildman–Crippen MR) is 85.0 cm³/mol. The summed E-state index contributed by atoms with van der Waals surface area (Å²) in [5, 5.41) is 4.38. The van der Waals surface area contributed by atoms with Crippen molar-refractivity contribution >= 4 is 11.3 Å². The van der Waals surface area contributed by atoms with Crippen LogP contribution >= 0.6 is 11.3 Å². The lowest BCUT2D eigenvalue weighted by atomic mass is 10.1. The van der Waals surface area contributed by atoms with Crippen LogP contribution in [0.2, 0.25) is 0 Å². The second-order valence-electron chi connectivity index (χ2n) is 5.16. The number of ether oxygens (including phenoxy) is 1. The van der Waals surface area contributed by atoms with Crippen LogP contribution in [0.1, 0.15) is 31.5 Å². The Morgan fingerprint density at radius 1 is 1.25 bits per heavy atom. The molecule has 0 aliphatic carbocycles. The fourth-order valence-electron chi connectivity index (χ4n) is 1.87. The molecule has 2 aromatic rings. The van der Waals surface area contributed by atoms with E-state index >= 15 is 0 Å². The van der Waals surface area contributed by atoms with Crippen LogP contribution in [0.25, 0.3) is 10.4 Å². The van der Waals surface area contributed by atoms with Crippen molar-refractivity contribution in [2.45, 2.75) is 32.9 Å². The summed E-state index contributed by atoms with van der Waals surface area (Å²) in [5.74, 6) is 0. The standard InChI is InChI=1S/C16H22N2OS/c1-5-17-11-13-14(12-9-7-6-8-10-12)20-15(18-13)16(2,3)19-4/h6-10,17H,5,11H2,1-4H3. The SMILES string of the molecule is CCNCc1nc(C(C)(C)OC)sc1-c1ccccc1. The van der Waals surface area contributed by atoms with Crippen molar-refractivity contribution < 1.29 is 4.74 Å². The average Bonchev–Trinajstić information content (AvgIpc) is 2.91. The zero-order valence-corrected chi connectivity index (χ0v) is 13.4. The summed E-state index contributed by atoms with van der Waals surface area (Å²) in [6.07, 6.45) is 0. The summed E-state index contributed by atoms with van der Waals surface area (Å²) < 4.78 is 5.56. The Hall–Kier alpha value is -1.23. The highest BCUT2D eigenvalue weighted by atomic mass is 32.1. The molecule has 0 radical (unpaired) electrons. The van der Waals surface area contributed by atoms with Gasteiger partial charge < -0.3 is 10.1 Å². The molecular weight excluding hydrogens is 268 g/mol. The van der Waals surface area contributed by atoms with E-state index in [9.17, 15) is 0 Å². The molecule has 1 N–H and O–H groups in total. The van der Waals surface area contributed by atoms with Crippen molar-refractivity contribution in [2.24, 2.45) is 0 Å². The first-order valence-corrected chi connectivity index (χ1v) is 7.71. The Kier molecular flexibility index (Phi) is 4.91. The van der Waals surface area contributed by atoms with Gasteiger partial charge in [0, 0.05) is 13.7 Å². The van der Waals surface area contributed by atoms with Crippen molar-refractivity contribution in [1.82, 2.24) is 10.3 Å². The van der Waals surface area contributed by atoms with Gasteiger partial charge in [0.25, 0.3) is 0 Å². The Labute approximate surface area is 125 Å². The Morgan fingerprint density at radius 2 is 1.95 bits per heavy atom. The quantitative estimate of drug-likeness (QED) is 0.878. The third-order valence-corrected chi connectivity index (χ3v) is 4.75. The van der Waals surface area contributed by atoms with Crippen LogP contribution in [0.15, 0.2) is 30.3 Å². The molecule has 0 fully saturated rings. The number of nitrogens with zero attached hydrogens (tertiary/aromatic N) is 1. The molecule has 0 aliphatic rings. The van der Waals surface area contributed by atoms with E-state index in [1.54, 1.807) is 18.4 Å². The Bertz CT molecular complexity index is 549. The third kappa shape index (κ3) is 3.26. The number of benzene rings is 1. The van der Waals surface area contributed by atoms with E-state index in [0.717, 1.165) is 23.8 Å². The second-order valence-corrected chi connectivity index (χ2v) is 6.15. The van der Waals surface area contributed by atoms with E-state index in [2.05, 4.69) is 50.4 Å². The molecule has 3 nitrogen and oxygen atoms in total. The normalized spacial score (nSPS) is 11.8. The molecule has 0 saturated heterocycles. The molecule has 0 bridgehead atoms. The fraction of sp³-hybridized carbons (Fsp3) is 0.438.